The fourth-order valence-corrected chi connectivity index (χ4v) is 2.95. The van der Waals surface area contributed by atoms with Gasteiger partial charge in [0.15, 0.2) is 0 Å². The van der Waals surface area contributed by atoms with Crippen LogP contribution in [0.25, 0.3) is 0 Å². The molecule has 0 radical (unpaired) electrons. The molecular formula is C17H26N2O2. The molecule has 0 heterocycles. The van der Waals surface area contributed by atoms with E-state index in [9.17, 15) is 9.90 Å². The third-order valence-electron chi connectivity index (χ3n) is 4.27. The Morgan fingerprint density at radius 3 is 2.67 bits per heavy atom. The molecule has 1 saturated carbocycles. The van der Waals surface area contributed by atoms with E-state index in [0.717, 1.165) is 44.2 Å². The van der Waals surface area contributed by atoms with Crippen LogP contribution in [0.15, 0.2) is 24.3 Å². The Labute approximate surface area is 126 Å². The van der Waals surface area contributed by atoms with Crippen LogP contribution in [0.5, 0.6) is 0 Å². The lowest BCUT2D eigenvalue weighted by Gasteiger charge is -2.32. The Balaban J connectivity index is 1.96. The van der Waals surface area contributed by atoms with Gasteiger partial charge >= 0.3 is 0 Å². The molecule has 1 fully saturated rings. The Kier molecular flexibility index (Phi) is 5.76. The Morgan fingerprint density at radius 2 is 1.95 bits per heavy atom. The second-order valence-electron chi connectivity index (χ2n) is 5.98. The zero-order chi connectivity index (χ0) is 15.1. The summed E-state index contributed by atoms with van der Waals surface area (Å²) in [6.45, 7) is 1.19. The first-order valence-electron chi connectivity index (χ1n) is 7.88. The molecule has 1 aromatic rings. The second-order valence-corrected chi connectivity index (χ2v) is 5.98. The SMILES string of the molecule is CNCCc1ccccc1C(=O)NCC1(O)CCCCC1. The van der Waals surface area contributed by atoms with Crippen LogP contribution in [-0.2, 0) is 6.42 Å². The van der Waals surface area contributed by atoms with Crippen molar-refractivity contribution < 1.29 is 9.90 Å². The van der Waals surface area contributed by atoms with E-state index < -0.39 is 5.60 Å². The highest BCUT2D eigenvalue weighted by atomic mass is 16.3. The average molecular weight is 290 g/mol. The molecule has 4 heteroatoms. The summed E-state index contributed by atoms with van der Waals surface area (Å²) >= 11 is 0. The molecule has 2 rings (SSSR count). The highest BCUT2D eigenvalue weighted by Gasteiger charge is 2.29. The maximum atomic E-state index is 12.4. The normalized spacial score (nSPS) is 17.4. The molecule has 21 heavy (non-hydrogen) atoms. The van der Waals surface area contributed by atoms with Crippen molar-refractivity contribution >= 4 is 5.91 Å². The van der Waals surface area contributed by atoms with Crippen molar-refractivity contribution in [1.29, 1.82) is 0 Å². The minimum atomic E-state index is -0.714. The van der Waals surface area contributed by atoms with Crippen LogP contribution < -0.4 is 10.6 Å². The van der Waals surface area contributed by atoms with Gasteiger partial charge in [-0.15, -0.1) is 0 Å². The van der Waals surface area contributed by atoms with Gasteiger partial charge in [-0.1, -0.05) is 37.5 Å². The summed E-state index contributed by atoms with van der Waals surface area (Å²) in [5.41, 5.74) is 1.04. The molecule has 0 atom stereocenters. The quantitative estimate of drug-likeness (QED) is 0.749. The Morgan fingerprint density at radius 1 is 1.24 bits per heavy atom. The van der Waals surface area contributed by atoms with Gasteiger partial charge in [-0.3, -0.25) is 4.79 Å². The van der Waals surface area contributed by atoms with Crippen LogP contribution in [0.3, 0.4) is 0 Å². The largest absolute Gasteiger partial charge is 0.388 e. The second kappa shape index (κ2) is 7.57. The highest BCUT2D eigenvalue weighted by molar-refractivity contribution is 5.95. The molecule has 1 amide bonds. The molecular weight excluding hydrogens is 264 g/mol. The molecule has 116 valence electrons. The summed E-state index contributed by atoms with van der Waals surface area (Å²) in [7, 11) is 1.90. The minimum absolute atomic E-state index is 0.0827. The smallest absolute Gasteiger partial charge is 0.251 e. The van der Waals surface area contributed by atoms with Gasteiger partial charge in [-0.25, -0.2) is 0 Å². The van der Waals surface area contributed by atoms with E-state index in [0.29, 0.717) is 12.1 Å². The fourth-order valence-electron chi connectivity index (χ4n) is 2.95. The van der Waals surface area contributed by atoms with Crippen molar-refractivity contribution in [3.05, 3.63) is 35.4 Å². The number of nitrogens with one attached hydrogen (secondary N) is 2. The summed E-state index contributed by atoms with van der Waals surface area (Å²) in [6, 6.07) is 7.68. The zero-order valence-corrected chi connectivity index (χ0v) is 12.8. The summed E-state index contributed by atoms with van der Waals surface area (Å²) in [5, 5.41) is 16.5. The van der Waals surface area contributed by atoms with Gasteiger partial charge in [0, 0.05) is 12.1 Å². The zero-order valence-electron chi connectivity index (χ0n) is 12.8. The molecule has 0 bridgehead atoms. The van der Waals surface area contributed by atoms with Crippen molar-refractivity contribution in [2.75, 3.05) is 20.1 Å². The van der Waals surface area contributed by atoms with E-state index in [4.69, 9.17) is 0 Å². The van der Waals surface area contributed by atoms with Crippen molar-refractivity contribution in [3.63, 3.8) is 0 Å². The van der Waals surface area contributed by atoms with Crippen LogP contribution in [0.2, 0.25) is 0 Å². The number of hydrogen-bond donors (Lipinski definition) is 3. The molecule has 3 N–H and O–H groups in total. The fraction of sp³-hybridized carbons (Fsp3) is 0.588. The standard InChI is InChI=1S/C17H26N2O2/c1-18-12-9-14-7-3-4-8-15(14)16(20)19-13-17(21)10-5-2-6-11-17/h3-4,7-8,18,21H,2,5-6,9-13H2,1H3,(H,19,20). The number of carbonyl (C=O) groups is 1. The van der Waals surface area contributed by atoms with E-state index in [1.165, 1.54) is 6.42 Å². The highest BCUT2D eigenvalue weighted by Crippen LogP contribution is 2.27. The number of carbonyl (C=O) groups excluding carboxylic acids is 1. The van der Waals surface area contributed by atoms with Gasteiger partial charge in [-0.05, 0) is 44.5 Å². The van der Waals surface area contributed by atoms with E-state index in [-0.39, 0.29) is 5.91 Å². The number of aliphatic hydroxyl groups is 1. The first-order valence-corrected chi connectivity index (χ1v) is 7.88. The van der Waals surface area contributed by atoms with E-state index in [1.807, 2.05) is 31.3 Å². The van der Waals surface area contributed by atoms with Crippen molar-refractivity contribution in [2.45, 2.75) is 44.1 Å². The molecule has 0 unspecified atom stereocenters. The Bertz CT molecular complexity index is 468. The topological polar surface area (TPSA) is 61.4 Å². The van der Waals surface area contributed by atoms with E-state index in [2.05, 4.69) is 10.6 Å². The number of rotatable bonds is 6. The summed E-state index contributed by atoms with van der Waals surface area (Å²) < 4.78 is 0. The number of hydrogen-bond acceptors (Lipinski definition) is 3. The van der Waals surface area contributed by atoms with Crippen LogP contribution in [-0.4, -0.2) is 36.8 Å². The lowest BCUT2D eigenvalue weighted by molar-refractivity contribution is 0.00524. The van der Waals surface area contributed by atoms with Gasteiger partial charge < -0.3 is 15.7 Å². The number of benzene rings is 1. The van der Waals surface area contributed by atoms with Gasteiger partial charge in [0.05, 0.1) is 5.60 Å². The van der Waals surface area contributed by atoms with Gasteiger partial charge in [0.25, 0.3) is 5.91 Å². The molecule has 4 nitrogen and oxygen atoms in total. The third kappa shape index (κ3) is 4.55. The predicted molar refractivity (Wildman–Crippen MR) is 84.4 cm³/mol. The lowest BCUT2D eigenvalue weighted by Crippen LogP contribution is -2.44. The molecule has 0 saturated heterocycles. The summed E-state index contributed by atoms with van der Waals surface area (Å²) in [4.78, 5) is 12.4. The van der Waals surface area contributed by atoms with Crippen LogP contribution in [0, 0.1) is 0 Å². The Hall–Kier alpha value is -1.39. The van der Waals surface area contributed by atoms with Gasteiger partial charge in [0.2, 0.25) is 0 Å². The molecule has 1 aromatic carbocycles. The maximum absolute atomic E-state index is 12.4. The summed E-state index contributed by atoms with van der Waals surface area (Å²) in [6.07, 6.45) is 5.67. The van der Waals surface area contributed by atoms with Crippen molar-refractivity contribution in [2.24, 2.45) is 0 Å². The third-order valence-corrected chi connectivity index (χ3v) is 4.27. The monoisotopic (exact) mass is 290 g/mol. The van der Waals surface area contributed by atoms with E-state index >= 15 is 0 Å². The van der Waals surface area contributed by atoms with E-state index in [1.54, 1.807) is 0 Å². The van der Waals surface area contributed by atoms with Crippen LogP contribution >= 0.6 is 0 Å². The first kappa shape index (κ1) is 16.0. The first-order chi connectivity index (χ1) is 10.1. The van der Waals surface area contributed by atoms with Gasteiger partial charge in [-0.2, -0.15) is 0 Å². The average Bonchev–Trinajstić information content (AvgIpc) is 2.52. The van der Waals surface area contributed by atoms with Crippen molar-refractivity contribution in [1.82, 2.24) is 10.6 Å². The number of amides is 1. The lowest BCUT2D eigenvalue weighted by atomic mass is 9.85. The van der Waals surface area contributed by atoms with Crippen LogP contribution in [0.1, 0.15) is 48.0 Å². The molecule has 0 aliphatic heterocycles. The minimum Gasteiger partial charge on any atom is -0.388 e. The molecule has 0 aromatic heterocycles. The van der Waals surface area contributed by atoms with Crippen LogP contribution in [0.4, 0.5) is 0 Å². The summed E-state index contributed by atoms with van der Waals surface area (Å²) in [5.74, 6) is -0.0827. The van der Waals surface area contributed by atoms with Gasteiger partial charge in [0.1, 0.15) is 0 Å². The number of likely N-dealkylation sites (N-methyl/N-ethyl adjacent to an activating group) is 1. The molecule has 1 aliphatic rings. The van der Waals surface area contributed by atoms with Crippen molar-refractivity contribution in [3.8, 4) is 0 Å². The molecule has 1 aliphatic carbocycles. The predicted octanol–water partition coefficient (Wildman–Crippen LogP) is 1.87. The maximum Gasteiger partial charge on any atom is 0.251 e. The molecule has 0 spiro atoms.